The second kappa shape index (κ2) is 5.84. The monoisotopic (exact) mass is 250 g/mol. The number of ether oxygens (including phenoxy) is 1. The van der Waals surface area contributed by atoms with E-state index < -0.39 is 12.0 Å². The van der Waals surface area contributed by atoms with Crippen molar-refractivity contribution >= 4 is 5.91 Å². The third-order valence-corrected chi connectivity index (χ3v) is 2.80. The molecular formula is C13H18N2O3. The molecule has 1 aliphatic carbocycles. The molecule has 0 aliphatic heterocycles. The molecule has 98 valence electrons. The van der Waals surface area contributed by atoms with Crippen molar-refractivity contribution in [3.8, 4) is 5.75 Å². The number of para-hydroxylation sites is 1. The molecule has 0 heterocycles. The number of nitrogens with two attached hydrogens (primary N) is 1. The van der Waals surface area contributed by atoms with Gasteiger partial charge in [0.2, 0.25) is 0 Å². The Hall–Kier alpha value is -1.59. The summed E-state index contributed by atoms with van der Waals surface area (Å²) in [5, 5.41) is 12.9. The van der Waals surface area contributed by atoms with Crippen LogP contribution in [0.2, 0.25) is 0 Å². The minimum atomic E-state index is -0.591. The van der Waals surface area contributed by atoms with Gasteiger partial charge in [0.15, 0.2) is 0 Å². The number of hydrogen-bond donors (Lipinski definition) is 3. The maximum absolute atomic E-state index is 11.2. The maximum Gasteiger partial charge on any atom is 0.252 e. The zero-order chi connectivity index (χ0) is 13.0. The number of nitrogens with one attached hydrogen (secondary N) is 1. The van der Waals surface area contributed by atoms with E-state index in [-0.39, 0.29) is 6.61 Å². The molecule has 1 aromatic carbocycles. The van der Waals surface area contributed by atoms with Crippen LogP contribution in [0, 0.1) is 0 Å². The Morgan fingerprint density at radius 3 is 2.89 bits per heavy atom. The first kappa shape index (κ1) is 12.9. The molecule has 0 saturated heterocycles. The van der Waals surface area contributed by atoms with Gasteiger partial charge < -0.3 is 20.9 Å². The SMILES string of the molecule is NC(=O)c1ccccc1OCC(O)CNC1CC1. The van der Waals surface area contributed by atoms with Gasteiger partial charge in [0.25, 0.3) is 5.91 Å². The standard InChI is InChI=1S/C13H18N2O3/c14-13(17)11-3-1-2-4-12(11)18-8-10(16)7-15-9-5-6-9/h1-4,9-10,15-16H,5-8H2,(H2,14,17). The van der Waals surface area contributed by atoms with Crippen LogP contribution in [0.4, 0.5) is 0 Å². The van der Waals surface area contributed by atoms with Crippen LogP contribution >= 0.6 is 0 Å². The molecule has 1 unspecified atom stereocenters. The Balaban J connectivity index is 1.82. The highest BCUT2D eigenvalue weighted by Gasteiger charge is 2.21. The molecule has 0 radical (unpaired) electrons. The lowest BCUT2D eigenvalue weighted by atomic mass is 10.2. The van der Waals surface area contributed by atoms with Gasteiger partial charge in [0.05, 0.1) is 5.56 Å². The fraction of sp³-hybridized carbons (Fsp3) is 0.462. The van der Waals surface area contributed by atoms with Crippen molar-refractivity contribution in [3.05, 3.63) is 29.8 Å². The highest BCUT2D eigenvalue weighted by atomic mass is 16.5. The molecule has 5 nitrogen and oxygen atoms in total. The summed E-state index contributed by atoms with van der Waals surface area (Å²) in [4.78, 5) is 11.2. The first-order chi connectivity index (χ1) is 8.66. The molecule has 0 bridgehead atoms. The van der Waals surface area contributed by atoms with Crippen LogP contribution in [0.3, 0.4) is 0 Å². The molecule has 1 aromatic rings. The number of amides is 1. The smallest absolute Gasteiger partial charge is 0.252 e. The van der Waals surface area contributed by atoms with Crippen molar-refractivity contribution in [2.24, 2.45) is 5.73 Å². The molecule has 4 N–H and O–H groups in total. The lowest BCUT2D eigenvalue weighted by Gasteiger charge is -2.14. The summed E-state index contributed by atoms with van der Waals surface area (Å²) < 4.78 is 5.42. The van der Waals surface area contributed by atoms with E-state index >= 15 is 0 Å². The van der Waals surface area contributed by atoms with Crippen LogP contribution in [0.1, 0.15) is 23.2 Å². The van der Waals surface area contributed by atoms with Gasteiger partial charge in [-0.25, -0.2) is 0 Å². The number of hydrogen-bond acceptors (Lipinski definition) is 4. The van der Waals surface area contributed by atoms with Crippen LogP contribution in [0.5, 0.6) is 5.75 Å². The highest BCUT2D eigenvalue weighted by Crippen LogP contribution is 2.19. The van der Waals surface area contributed by atoms with Gasteiger partial charge in [-0.3, -0.25) is 4.79 Å². The second-order valence-corrected chi connectivity index (χ2v) is 4.51. The number of carbonyl (C=O) groups excluding carboxylic acids is 1. The summed E-state index contributed by atoms with van der Waals surface area (Å²) in [7, 11) is 0. The molecule has 18 heavy (non-hydrogen) atoms. The summed E-state index contributed by atoms with van der Waals surface area (Å²) >= 11 is 0. The fourth-order valence-electron chi connectivity index (χ4n) is 1.63. The number of carbonyl (C=O) groups is 1. The van der Waals surface area contributed by atoms with Gasteiger partial charge >= 0.3 is 0 Å². The predicted molar refractivity (Wildman–Crippen MR) is 67.5 cm³/mol. The van der Waals surface area contributed by atoms with Crippen LogP contribution in [-0.4, -0.2) is 36.3 Å². The summed E-state index contributed by atoms with van der Waals surface area (Å²) in [6, 6.07) is 7.31. The first-order valence-electron chi connectivity index (χ1n) is 6.10. The summed E-state index contributed by atoms with van der Waals surface area (Å²) in [5.74, 6) is -0.119. The fourth-order valence-corrected chi connectivity index (χ4v) is 1.63. The van der Waals surface area contributed by atoms with E-state index in [4.69, 9.17) is 10.5 Å². The maximum atomic E-state index is 11.2. The van der Waals surface area contributed by atoms with Crippen molar-refractivity contribution in [1.82, 2.24) is 5.32 Å². The quantitative estimate of drug-likeness (QED) is 0.649. The molecular weight excluding hydrogens is 232 g/mol. The second-order valence-electron chi connectivity index (χ2n) is 4.51. The molecule has 1 fully saturated rings. The third kappa shape index (κ3) is 3.72. The molecule has 1 saturated carbocycles. The topological polar surface area (TPSA) is 84.6 Å². The van der Waals surface area contributed by atoms with E-state index in [1.165, 1.54) is 12.8 Å². The Bertz CT molecular complexity index is 418. The zero-order valence-electron chi connectivity index (χ0n) is 10.1. The van der Waals surface area contributed by atoms with Crippen LogP contribution in [0.15, 0.2) is 24.3 Å². The van der Waals surface area contributed by atoms with E-state index in [1.54, 1.807) is 24.3 Å². The number of benzene rings is 1. The van der Waals surface area contributed by atoms with Crippen molar-refractivity contribution in [3.63, 3.8) is 0 Å². The molecule has 1 atom stereocenters. The lowest BCUT2D eigenvalue weighted by molar-refractivity contribution is 0.0963. The molecule has 2 rings (SSSR count). The Kier molecular flexibility index (Phi) is 4.17. The molecule has 1 aliphatic rings. The molecule has 1 amide bonds. The summed E-state index contributed by atoms with van der Waals surface area (Å²) in [6.45, 7) is 0.646. The number of aliphatic hydroxyl groups excluding tert-OH is 1. The molecule has 5 heteroatoms. The van der Waals surface area contributed by atoms with E-state index in [0.717, 1.165) is 0 Å². The normalized spacial score (nSPS) is 16.3. The molecule has 0 spiro atoms. The van der Waals surface area contributed by atoms with Gasteiger partial charge in [-0.1, -0.05) is 12.1 Å². The van der Waals surface area contributed by atoms with E-state index in [1.807, 2.05) is 0 Å². The minimum absolute atomic E-state index is 0.143. The number of rotatable bonds is 7. The van der Waals surface area contributed by atoms with Crippen LogP contribution in [0.25, 0.3) is 0 Å². The lowest BCUT2D eigenvalue weighted by Crippen LogP contribution is -2.32. The van der Waals surface area contributed by atoms with Crippen molar-refractivity contribution in [2.45, 2.75) is 25.0 Å². The van der Waals surface area contributed by atoms with Gasteiger partial charge in [0.1, 0.15) is 18.5 Å². The zero-order valence-corrected chi connectivity index (χ0v) is 10.1. The van der Waals surface area contributed by atoms with Crippen LogP contribution in [-0.2, 0) is 0 Å². The Morgan fingerprint density at radius 2 is 2.22 bits per heavy atom. The predicted octanol–water partition coefficient (Wildman–Crippen LogP) is 0.277. The van der Waals surface area contributed by atoms with Gasteiger partial charge in [-0.2, -0.15) is 0 Å². The van der Waals surface area contributed by atoms with Gasteiger partial charge in [-0.15, -0.1) is 0 Å². The average Bonchev–Trinajstić information content (AvgIpc) is 3.18. The largest absolute Gasteiger partial charge is 0.490 e. The van der Waals surface area contributed by atoms with E-state index in [2.05, 4.69) is 5.32 Å². The van der Waals surface area contributed by atoms with E-state index in [9.17, 15) is 9.90 Å². The van der Waals surface area contributed by atoms with E-state index in [0.29, 0.717) is 23.9 Å². The Labute approximate surface area is 106 Å². The minimum Gasteiger partial charge on any atom is -0.490 e. The van der Waals surface area contributed by atoms with Crippen molar-refractivity contribution in [1.29, 1.82) is 0 Å². The molecule has 0 aromatic heterocycles. The number of primary amides is 1. The highest BCUT2D eigenvalue weighted by molar-refractivity contribution is 5.95. The number of aliphatic hydroxyl groups is 1. The summed E-state index contributed by atoms with van der Waals surface area (Å²) in [6.07, 6.45) is 1.77. The summed E-state index contributed by atoms with van der Waals surface area (Å²) in [5.41, 5.74) is 5.57. The third-order valence-electron chi connectivity index (χ3n) is 2.80. The van der Waals surface area contributed by atoms with Crippen LogP contribution < -0.4 is 15.8 Å². The van der Waals surface area contributed by atoms with Crippen molar-refractivity contribution < 1.29 is 14.6 Å². The van der Waals surface area contributed by atoms with Gasteiger partial charge in [0, 0.05) is 12.6 Å². The van der Waals surface area contributed by atoms with Crippen molar-refractivity contribution in [2.75, 3.05) is 13.2 Å². The first-order valence-corrected chi connectivity index (χ1v) is 6.10. The Morgan fingerprint density at radius 1 is 1.50 bits per heavy atom. The van der Waals surface area contributed by atoms with Gasteiger partial charge in [-0.05, 0) is 25.0 Å². The average molecular weight is 250 g/mol.